The molecule has 2 N–H and O–H groups in total. The lowest BCUT2D eigenvalue weighted by Crippen LogP contribution is -2.30. The molecule has 5 nitrogen and oxygen atoms in total. The van der Waals surface area contributed by atoms with Gasteiger partial charge in [0.05, 0.1) is 18.3 Å². The Morgan fingerprint density at radius 2 is 2.39 bits per heavy atom. The molecule has 1 aliphatic rings. The fourth-order valence-electron chi connectivity index (χ4n) is 2.27. The summed E-state index contributed by atoms with van der Waals surface area (Å²) in [4.78, 5) is 14.8. The molecule has 0 aromatic carbocycles. The van der Waals surface area contributed by atoms with Crippen molar-refractivity contribution in [1.82, 2.24) is 4.98 Å². The van der Waals surface area contributed by atoms with Gasteiger partial charge in [-0.1, -0.05) is 0 Å². The van der Waals surface area contributed by atoms with Crippen LogP contribution >= 0.6 is 0 Å². The summed E-state index contributed by atoms with van der Waals surface area (Å²) in [5.41, 5.74) is -0.156. The smallest absolute Gasteiger partial charge is 0.339 e. The van der Waals surface area contributed by atoms with Crippen molar-refractivity contribution in [2.45, 2.75) is 31.4 Å². The number of aromatic nitrogens is 1. The van der Waals surface area contributed by atoms with E-state index in [4.69, 9.17) is 9.84 Å². The molecule has 1 aromatic heterocycles. The minimum atomic E-state index is -1.20. The van der Waals surface area contributed by atoms with Crippen molar-refractivity contribution >= 4 is 11.8 Å². The summed E-state index contributed by atoms with van der Waals surface area (Å²) in [6.07, 6.45) is 3.87. The summed E-state index contributed by atoms with van der Waals surface area (Å²) < 4.78 is 18.3. The maximum absolute atomic E-state index is 13.0. The minimum absolute atomic E-state index is 0.0195. The summed E-state index contributed by atoms with van der Waals surface area (Å²) in [5.74, 6) is -1.66. The molecule has 0 spiro atoms. The van der Waals surface area contributed by atoms with Gasteiger partial charge in [0.1, 0.15) is 17.2 Å². The molecule has 0 aliphatic heterocycles. The maximum atomic E-state index is 13.0. The topological polar surface area (TPSA) is 71.5 Å². The zero-order valence-electron chi connectivity index (χ0n) is 10.0. The van der Waals surface area contributed by atoms with Gasteiger partial charge in [0.15, 0.2) is 0 Å². The monoisotopic (exact) mass is 254 g/mol. The first-order valence-corrected chi connectivity index (χ1v) is 5.80. The number of nitrogens with one attached hydrogen (secondary N) is 1. The lowest BCUT2D eigenvalue weighted by molar-refractivity contribution is 0.0696. The molecule has 6 heteroatoms. The van der Waals surface area contributed by atoms with Crippen molar-refractivity contribution in [3.63, 3.8) is 0 Å². The molecule has 18 heavy (non-hydrogen) atoms. The molecule has 1 fully saturated rings. The molecule has 1 aliphatic carbocycles. The minimum Gasteiger partial charge on any atom is -0.478 e. The summed E-state index contributed by atoms with van der Waals surface area (Å²) in [5, 5.41) is 12.0. The van der Waals surface area contributed by atoms with Crippen LogP contribution < -0.4 is 5.32 Å². The van der Waals surface area contributed by atoms with Crippen molar-refractivity contribution in [3.05, 3.63) is 23.6 Å². The van der Waals surface area contributed by atoms with Gasteiger partial charge in [0.2, 0.25) is 0 Å². The van der Waals surface area contributed by atoms with E-state index in [9.17, 15) is 9.18 Å². The molecule has 0 bridgehead atoms. The van der Waals surface area contributed by atoms with Crippen molar-refractivity contribution in [2.75, 3.05) is 12.4 Å². The van der Waals surface area contributed by atoms with Crippen LogP contribution in [0.5, 0.6) is 0 Å². The SMILES string of the molecule is COC1CCCC1Nc1ncc(F)cc1C(=O)O. The van der Waals surface area contributed by atoms with Crippen molar-refractivity contribution < 1.29 is 19.0 Å². The molecule has 0 radical (unpaired) electrons. The van der Waals surface area contributed by atoms with E-state index in [0.717, 1.165) is 31.5 Å². The van der Waals surface area contributed by atoms with E-state index in [0.29, 0.717) is 0 Å². The number of pyridine rings is 1. The van der Waals surface area contributed by atoms with Crippen LogP contribution in [-0.2, 0) is 4.74 Å². The number of carboxylic acid groups (broad SMARTS) is 1. The van der Waals surface area contributed by atoms with Crippen LogP contribution in [0.1, 0.15) is 29.6 Å². The molecular formula is C12H15FN2O3. The number of aromatic carboxylic acids is 1. The Morgan fingerprint density at radius 1 is 1.61 bits per heavy atom. The van der Waals surface area contributed by atoms with Crippen LogP contribution in [0.25, 0.3) is 0 Å². The van der Waals surface area contributed by atoms with E-state index >= 15 is 0 Å². The van der Waals surface area contributed by atoms with Gasteiger partial charge in [0.25, 0.3) is 0 Å². The first-order valence-electron chi connectivity index (χ1n) is 5.80. The molecule has 2 atom stereocenters. The summed E-state index contributed by atoms with van der Waals surface area (Å²) in [6.45, 7) is 0. The number of hydrogen-bond acceptors (Lipinski definition) is 4. The molecule has 1 aromatic rings. The van der Waals surface area contributed by atoms with Crippen LogP contribution in [0.3, 0.4) is 0 Å². The van der Waals surface area contributed by atoms with Crippen LogP contribution in [0, 0.1) is 5.82 Å². The van der Waals surface area contributed by atoms with Gasteiger partial charge < -0.3 is 15.2 Å². The second kappa shape index (κ2) is 5.30. The maximum Gasteiger partial charge on any atom is 0.339 e. The van der Waals surface area contributed by atoms with Crippen molar-refractivity contribution in [1.29, 1.82) is 0 Å². The van der Waals surface area contributed by atoms with Gasteiger partial charge in [-0.25, -0.2) is 14.2 Å². The number of carboxylic acids is 1. The van der Waals surface area contributed by atoms with Gasteiger partial charge in [-0.05, 0) is 25.3 Å². The molecule has 98 valence electrons. The Morgan fingerprint density at radius 3 is 3.06 bits per heavy atom. The van der Waals surface area contributed by atoms with Gasteiger partial charge in [-0.3, -0.25) is 0 Å². The molecule has 2 rings (SSSR count). The first kappa shape index (κ1) is 12.8. The standard InChI is InChI=1S/C12H15FN2O3/c1-18-10-4-2-3-9(10)15-11-8(12(16)17)5-7(13)6-14-11/h5-6,9-10H,2-4H2,1H3,(H,14,15)(H,16,17). The van der Waals surface area contributed by atoms with E-state index in [1.54, 1.807) is 7.11 Å². The van der Waals surface area contributed by atoms with Crippen molar-refractivity contribution in [2.24, 2.45) is 0 Å². The first-order chi connectivity index (χ1) is 8.61. The largest absolute Gasteiger partial charge is 0.478 e. The van der Waals surface area contributed by atoms with E-state index < -0.39 is 11.8 Å². The molecule has 1 saturated carbocycles. The number of anilines is 1. The second-order valence-electron chi connectivity index (χ2n) is 4.31. The van der Waals surface area contributed by atoms with Crippen LogP contribution in [0.2, 0.25) is 0 Å². The third-order valence-corrected chi connectivity index (χ3v) is 3.16. The Labute approximate surface area is 104 Å². The zero-order valence-corrected chi connectivity index (χ0v) is 10.0. The number of ether oxygens (including phenoxy) is 1. The highest BCUT2D eigenvalue weighted by Gasteiger charge is 2.28. The summed E-state index contributed by atoms with van der Waals surface area (Å²) in [7, 11) is 1.63. The van der Waals surface area contributed by atoms with Crippen LogP contribution in [-0.4, -0.2) is 35.3 Å². The number of halogens is 1. The zero-order chi connectivity index (χ0) is 13.1. The van der Waals surface area contributed by atoms with E-state index in [1.807, 2.05) is 0 Å². The Bertz CT molecular complexity index is 453. The Kier molecular flexibility index (Phi) is 3.76. The third kappa shape index (κ3) is 2.59. The van der Waals surface area contributed by atoms with E-state index in [1.165, 1.54) is 0 Å². The van der Waals surface area contributed by atoms with Gasteiger partial charge in [-0.2, -0.15) is 0 Å². The molecule has 0 amide bonds. The second-order valence-corrected chi connectivity index (χ2v) is 4.31. The third-order valence-electron chi connectivity index (χ3n) is 3.16. The average molecular weight is 254 g/mol. The average Bonchev–Trinajstić information content (AvgIpc) is 2.78. The molecule has 0 saturated heterocycles. The molecular weight excluding hydrogens is 239 g/mol. The summed E-state index contributed by atoms with van der Waals surface area (Å²) in [6, 6.07) is 0.986. The number of hydrogen-bond donors (Lipinski definition) is 2. The van der Waals surface area contributed by atoms with E-state index in [-0.39, 0.29) is 23.5 Å². The van der Waals surface area contributed by atoms with Crippen LogP contribution in [0.4, 0.5) is 10.2 Å². The Hall–Kier alpha value is -1.69. The number of rotatable bonds is 4. The number of methoxy groups -OCH3 is 1. The highest BCUT2D eigenvalue weighted by Crippen LogP contribution is 2.25. The van der Waals surface area contributed by atoms with Gasteiger partial charge in [-0.15, -0.1) is 0 Å². The predicted molar refractivity (Wildman–Crippen MR) is 63.2 cm³/mol. The summed E-state index contributed by atoms with van der Waals surface area (Å²) >= 11 is 0. The quantitative estimate of drug-likeness (QED) is 0.858. The Balaban J connectivity index is 2.20. The van der Waals surface area contributed by atoms with Gasteiger partial charge >= 0.3 is 5.97 Å². The normalized spacial score (nSPS) is 23.0. The number of carbonyl (C=O) groups is 1. The highest BCUT2D eigenvalue weighted by atomic mass is 19.1. The fourth-order valence-corrected chi connectivity index (χ4v) is 2.27. The van der Waals surface area contributed by atoms with Gasteiger partial charge in [0, 0.05) is 7.11 Å². The van der Waals surface area contributed by atoms with Crippen molar-refractivity contribution in [3.8, 4) is 0 Å². The predicted octanol–water partition coefficient (Wildman–Crippen LogP) is 1.90. The number of nitrogens with zero attached hydrogens (tertiary/aromatic N) is 1. The van der Waals surface area contributed by atoms with Crippen LogP contribution in [0.15, 0.2) is 12.3 Å². The molecule has 1 heterocycles. The fraction of sp³-hybridized carbons (Fsp3) is 0.500. The highest BCUT2D eigenvalue weighted by molar-refractivity contribution is 5.93. The lowest BCUT2D eigenvalue weighted by Gasteiger charge is -2.20. The molecule has 2 unspecified atom stereocenters. The van der Waals surface area contributed by atoms with E-state index in [2.05, 4.69) is 10.3 Å². The lowest BCUT2D eigenvalue weighted by atomic mass is 10.2.